The average Bonchev–Trinajstić information content (AvgIpc) is 3.41. The molecule has 1 aromatic heterocycles. The van der Waals surface area contributed by atoms with E-state index in [0.29, 0.717) is 18.7 Å². The lowest BCUT2D eigenvalue weighted by Gasteiger charge is -2.11. The Labute approximate surface area is 256 Å². The van der Waals surface area contributed by atoms with E-state index in [-0.39, 0.29) is 11.3 Å². The van der Waals surface area contributed by atoms with Crippen LogP contribution in [0.15, 0.2) is 106 Å². The predicted octanol–water partition coefficient (Wildman–Crippen LogP) is 6.87. The molecule has 9 nitrogen and oxygen atoms in total. The largest absolute Gasteiger partial charge is 0.379 e. The molecular weight excluding hydrogens is 605 g/mol. The molecule has 5 aromatic rings. The molecule has 12 heteroatoms. The quantitative estimate of drug-likeness (QED) is 0.0699. The number of carbonyl (C=O) groups excluding carboxylic acids is 1. The number of fused-ring (bicyclic) bond motifs is 1. The van der Waals surface area contributed by atoms with Gasteiger partial charge in [0.15, 0.2) is 0 Å². The molecule has 5 rings (SSSR count). The molecule has 43 heavy (non-hydrogen) atoms. The van der Waals surface area contributed by atoms with Crippen LogP contribution in [0.3, 0.4) is 0 Å². The third kappa shape index (κ3) is 7.03. The zero-order valence-electron chi connectivity index (χ0n) is 22.5. The number of carbonyl (C=O) groups is 1. The topological polar surface area (TPSA) is 142 Å². The highest BCUT2D eigenvalue weighted by Crippen LogP contribution is 2.32. The van der Waals surface area contributed by atoms with E-state index in [1.54, 1.807) is 35.2 Å². The number of nitro groups is 1. The van der Waals surface area contributed by atoms with Gasteiger partial charge in [-0.15, -0.1) is 23.1 Å². The molecule has 0 unspecified atom stereocenters. The van der Waals surface area contributed by atoms with Crippen molar-refractivity contribution >= 4 is 60.5 Å². The first-order chi connectivity index (χ1) is 20.7. The molecule has 1 amide bonds. The maximum Gasteiger partial charge on any atom is 0.293 e. The van der Waals surface area contributed by atoms with Gasteiger partial charge in [0.2, 0.25) is 0 Å². The van der Waals surface area contributed by atoms with E-state index in [1.807, 2.05) is 58.6 Å². The van der Waals surface area contributed by atoms with Gasteiger partial charge in [0.05, 0.1) is 22.3 Å². The standard InChI is InChI=1S/C31H24N4O5S3/c32-15-14-24-20-42-30-13-10-23(18-27(24)30)21-6-8-22(9-7-21)31(36)34-43(39,40)26-11-12-28(29(19-26)35(37)38)33-16-17-41-25-4-2-1-3-5-25/h1-13,18-20,33H,14,16-17H2,(H,34,36). The Balaban J connectivity index is 1.26. The summed E-state index contributed by atoms with van der Waals surface area (Å²) < 4.78 is 29.1. The van der Waals surface area contributed by atoms with Crippen LogP contribution < -0.4 is 10.0 Å². The maximum absolute atomic E-state index is 13.0. The first-order valence-corrected chi connectivity index (χ1v) is 16.3. The van der Waals surface area contributed by atoms with E-state index in [1.165, 1.54) is 24.3 Å². The van der Waals surface area contributed by atoms with Crippen LogP contribution in [-0.4, -0.2) is 31.5 Å². The molecule has 0 aliphatic heterocycles. The Morgan fingerprint density at radius 2 is 1.72 bits per heavy atom. The third-order valence-corrected chi connectivity index (χ3v) is 9.89. The van der Waals surface area contributed by atoms with E-state index in [4.69, 9.17) is 5.26 Å². The summed E-state index contributed by atoms with van der Waals surface area (Å²) in [6.45, 7) is 0.418. The fourth-order valence-electron chi connectivity index (χ4n) is 4.39. The van der Waals surface area contributed by atoms with E-state index in [2.05, 4.69) is 11.4 Å². The van der Waals surface area contributed by atoms with E-state index in [9.17, 15) is 23.3 Å². The van der Waals surface area contributed by atoms with E-state index < -0.39 is 31.4 Å². The number of nitrogens with zero attached hydrogens (tertiary/aromatic N) is 2. The summed E-state index contributed by atoms with van der Waals surface area (Å²) >= 11 is 3.15. The van der Waals surface area contributed by atoms with Crippen molar-refractivity contribution < 1.29 is 18.1 Å². The smallest absolute Gasteiger partial charge is 0.293 e. The molecule has 0 bridgehead atoms. The number of rotatable bonds is 11. The van der Waals surface area contributed by atoms with Gasteiger partial charge in [-0.1, -0.05) is 36.4 Å². The number of sulfonamides is 1. The monoisotopic (exact) mass is 628 g/mol. The lowest BCUT2D eigenvalue weighted by Crippen LogP contribution is -2.30. The number of nitrogens with one attached hydrogen (secondary N) is 2. The lowest BCUT2D eigenvalue weighted by molar-refractivity contribution is -0.384. The van der Waals surface area contributed by atoms with Gasteiger partial charge >= 0.3 is 0 Å². The summed E-state index contributed by atoms with van der Waals surface area (Å²) in [5.41, 5.74) is 2.54. The fraction of sp³-hybridized carbons (Fsp3) is 0.0968. The van der Waals surface area contributed by atoms with Gasteiger partial charge in [-0.2, -0.15) is 5.26 Å². The molecule has 0 fully saturated rings. The molecular formula is C31H24N4O5S3. The van der Waals surface area contributed by atoms with Crippen molar-refractivity contribution in [3.05, 3.63) is 118 Å². The number of nitro benzene ring substituents is 1. The van der Waals surface area contributed by atoms with Gasteiger partial charge in [-0.25, -0.2) is 13.1 Å². The number of nitriles is 1. The summed E-state index contributed by atoms with van der Waals surface area (Å²) in [5, 5.41) is 26.8. The second-order valence-corrected chi connectivity index (χ2v) is 13.1. The molecule has 0 radical (unpaired) electrons. The first kappa shape index (κ1) is 29.8. The number of hydrogen-bond donors (Lipinski definition) is 2. The molecule has 0 atom stereocenters. The minimum absolute atomic E-state index is 0.109. The predicted molar refractivity (Wildman–Crippen MR) is 170 cm³/mol. The zero-order chi connectivity index (χ0) is 30.4. The van der Waals surface area contributed by atoms with Crippen LogP contribution >= 0.6 is 23.1 Å². The van der Waals surface area contributed by atoms with Crippen molar-refractivity contribution in [1.82, 2.24) is 4.72 Å². The van der Waals surface area contributed by atoms with Crippen LogP contribution in [0.2, 0.25) is 0 Å². The van der Waals surface area contributed by atoms with Crippen molar-refractivity contribution in [3.63, 3.8) is 0 Å². The van der Waals surface area contributed by atoms with Gasteiger partial charge in [0, 0.05) is 33.5 Å². The van der Waals surface area contributed by atoms with Crippen LogP contribution in [0.5, 0.6) is 0 Å². The number of benzene rings is 4. The Morgan fingerprint density at radius 3 is 2.44 bits per heavy atom. The number of hydrogen-bond acceptors (Lipinski definition) is 9. The Morgan fingerprint density at radius 1 is 0.977 bits per heavy atom. The minimum Gasteiger partial charge on any atom is -0.379 e. The lowest BCUT2D eigenvalue weighted by atomic mass is 10.0. The van der Waals surface area contributed by atoms with Crippen molar-refractivity contribution in [3.8, 4) is 17.2 Å². The molecule has 0 spiro atoms. The average molecular weight is 629 g/mol. The highest BCUT2D eigenvalue weighted by atomic mass is 32.2. The number of anilines is 1. The van der Waals surface area contributed by atoms with E-state index in [0.717, 1.165) is 37.7 Å². The Bertz CT molecular complexity index is 1950. The molecule has 0 saturated carbocycles. The molecule has 2 N–H and O–H groups in total. The van der Waals surface area contributed by atoms with Crippen molar-refractivity contribution in [2.45, 2.75) is 16.2 Å². The van der Waals surface area contributed by atoms with Crippen LogP contribution in [0.25, 0.3) is 21.2 Å². The van der Waals surface area contributed by atoms with Gasteiger partial charge in [-0.05, 0) is 76.0 Å². The van der Waals surface area contributed by atoms with Crippen LogP contribution in [0, 0.1) is 21.4 Å². The van der Waals surface area contributed by atoms with Gasteiger partial charge in [-0.3, -0.25) is 14.9 Å². The number of amides is 1. The molecule has 0 aliphatic carbocycles. The highest BCUT2D eigenvalue weighted by Gasteiger charge is 2.24. The van der Waals surface area contributed by atoms with E-state index >= 15 is 0 Å². The summed E-state index contributed by atoms with van der Waals surface area (Å²) in [6.07, 6.45) is 0.313. The summed E-state index contributed by atoms with van der Waals surface area (Å²) in [6, 6.07) is 27.7. The number of thiophene rings is 1. The van der Waals surface area contributed by atoms with Crippen LogP contribution in [0.4, 0.5) is 11.4 Å². The molecule has 0 aliphatic rings. The second kappa shape index (κ2) is 13.1. The summed E-state index contributed by atoms with van der Waals surface area (Å²) in [5.74, 6) is -0.222. The van der Waals surface area contributed by atoms with Crippen molar-refractivity contribution in [2.24, 2.45) is 0 Å². The molecule has 0 saturated heterocycles. The first-order valence-electron chi connectivity index (χ1n) is 13.0. The zero-order valence-corrected chi connectivity index (χ0v) is 25.0. The van der Waals surface area contributed by atoms with Gasteiger partial charge < -0.3 is 5.32 Å². The summed E-state index contributed by atoms with van der Waals surface area (Å²) in [4.78, 5) is 24.6. The van der Waals surface area contributed by atoms with Crippen molar-refractivity contribution in [1.29, 1.82) is 5.26 Å². The van der Waals surface area contributed by atoms with Crippen LogP contribution in [-0.2, 0) is 16.4 Å². The Hall–Kier alpha value is -4.70. The number of thioether (sulfide) groups is 1. The SMILES string of the molecule is N#CCc1csc2ccc(-c3ccc(C(=O)NS(=O)(=O)c4ccc(NCCSc5ccccc5)c([N+](=O)[O-])c4)cc3)cc12. The van der Waals surface area contributed by atoms with Crippen LogP contribution in [0.1, 0.15) is 15.9 Å². The Kier molecular flexibility index (Phi) is 9.06. The van der Waals surface area contributed by atoms with Crippen molar-refractivity contribution in [2.75, 3.05) is 17.6 Å². The molecule has 1 heterocycles. The second-order valence-electron chi connectivity index (χ2n) is 9.34. The summed E-state index contributed by atoms with van der Waals surface area (Å²) in [7, 11) is -4.39. The van der Waals surface area contributed by atoms with Gasteiger partial charge in [0.25, 0.3) is 21.6 Å². The van der Waals surface area contributed by atoms with Gasteiger partial charge in [0.1, 0.15) is 5.69 Å². The third-order valence-electron chi connectivity index (χ3n) is 6.54. The maximum atomic E-state index is 13.0. The normalized spacial score (nSPS) is 11.1. The fourth-order valence-corrected chi connectivity index (χ4v) is 7.11. The molecule has 4 aromatic carbocycles. The molecule has 216 valence electrons. The highest BCUT2D eigenvalue weighted by molar-refractivity contribution is 7.99. The minimum atomic E-state index is -4.39.